The van der Waals surface area contributed by atoms with Crippen molar-refractivity contribution in [1.82, 2.24) is 9.97 Å². The number of rotatable bonds is 2. The monoisotopic (exact) mass is 262 g/mol. The van der Waals surface area contributed by atoms with Gasteiger partial charge in [0.2, 0.25) is 0 Å². The second-order valence-electron chi connectivity index (χ2n) is 6.45. The molecule has 0 bridgehead atoms. The zero-order valence-corrected chi connectivity index (χ0v) is 11.8. The van der Waals surface area contributed by atoms with Gasteiger partial charge in [-0.1, -0.05) is 0 Å². The molecule has 1 aliphatic carbocycles. The summed E-state index contributed by atoms with van der Waals surface area (Å²) in [6, 6.07) is 0. The highest BCUT2D eigenvalue weighted by Crippen LogP contribution is 2.44. The number of nitrogens with zero attached hydrogens (tertiary/aromatic N) is 2. The lowest BCUT2D eigenvalue weighted by atomic mass is 9.77. The van der Waals surface area contributed by atoms with Crippen molar-refractivity contribution in [2.45, 2.75) is 57.3 Å². The summed E-state index contributed by atoms with van der Waals surface area (Å²) in [5.74, 6) is 0. The lowest BCUT2D eigenvalue weighted by Gasteiger charge is -2.32. The van der Waals surface area contributed by atoms with Crippen LogP contribution < -0.4 is 5.46 Å². The van der Waals surface area contributed by atoms with Crippen LogP contribution in [0.5, 0.6) is 0 Å². The lowest BCUT2D eigenvalue weighted by molar-refractivity contribution is 0.00578. The molecule has 0 spiro atoms. The maximum atomic E-state index is 10.3. The molecule has 6 heteroatoms. The third-order valence-corrected chi connectivity index (χ3v) is 4.41. The van der Waals surface area contributed by atoms with Crippen LogP contribution in [0.25, 0.3) is 0 Å². The maximum absolute atomic E-state index is 10.3. The Bertz CT molecular complexity index is 498. The van der Waals surface area contributed by atoms with Gasteiger partial charge in [-0.05, 0) is 40.5 Å². The quantitative estimate of drug-likeness (QED) is 0.797. The molecule has 102 valence electrons. The van der Waals surface area contributed by atoms with Crippen LogP contribution in [0.3, 0.4) is 0 Å². The van der Waals surface area contributed by atoms with Gasteiger partial charge in [0.05, 0.1) is 16.9 Å². The fourth-order valence-corrected chi connectivity index (χ4v) is 2.23. The van der Waals surface area contributed by atoms with Gasteiger partial charge in [-0.3, -0.25) is 0 Å². The van der Waals surface area contributed by atoms with Crippen LogP contribution in [-0.2, 0) is 14.9 Å². The summed E-state index contributed by atoms with van der Waals surface area (Å²) >= 11 is 0. The van der Waals surface area contributed by atoms with Crippen molar-refractivity contribution in [2.75, 3.05) is 0 Å². The molecule has 1 aliphatic heterocycles. The van der Waals surface area contributed by atoms with Crippen LogP contribution in [0.4, 0.5) is 0 Å². The van der Waals surface area contributed by atoms with Crippen molar-refractivity contribution >= 4 is 12.6 Å². The van der Waals surface area contributed by atoms with Gasteiger partial charge in [0.15, 0.2) is 0 Å². The van der Waals surface area contributed by atoms with E-state index >= 15 is 0 Å². The minimum Gasteiger partial charge on any atom is -0.399 e. The summed E-state index contributed by atoms with van der Waals surface area (Å²) < 4.78 is 12.0. The van der Waals surface area contributed by atoms with Crippen LogP contribution >= 0.6 is 0 Å². The summed E-state index contributed by atoms with van der Waals surface area (Å²) in [5.41, 5.74) is -0.252. The fourth-order valence-electron chi connectivity index (χ4n) is 2.23. The van der Waals surface area contributed by atoms with Crippen LogP contribution in [-0.4, -0.2) is 33.4 Å². The smallest absolute Gasteiger partial charge is 0.399 e. The van der Waals surface area contributed by atoms with Crippen molar-refractivity contribution in [3.8, 4) is 0 Å². The van der Waals surface area contributed by atoms with Crippen molar-refractivity contribution in [2.24, 2.45) is 0 Å². The van der Waals surface area contributed by atoms with E-state index in [1.807, 2.05) is 27.7 Å². The second-order valence-corrected chi connectivity index (χ2v) is 6.45. The van der Waals surface area contributed by atoms with Gasteiger partial charge in [-0.15, -0.1) is 0 Å². The molecule has 1 aromatic rings. The number of hydrogen-bond donors (Lipinski definition) is 1. The summed E-state index contributed by atoms with van der Waals surface area (Å²) in [7, 11) is -0.522. The zero-order chi connectivity index (χ0) is 13.9. The van der Waals surface area contributed by atoms with Crippen LogP contribution in [0.2, 0.25) is 0 Å². The highest BCUT2D eigenvalue weighted by molar-refractivity contribution is 6.62. The highest BCUT2D eigenvalue weighted by atomic mass is 16.7. The Hall–Kier alpha value is -0.975. The molecular weight excluding hydrogens is 243 g/mol. The number of aliphatic hydroxyl groups is 1. The first kappa shape index (κ1) is 13.0. The molecule has 0 aromatic carbocycles. The highest BCUT2D eigenvalue weighted by Gasteiger charge is 2.55. The van der Waals surface area contributed by atoms with E-state index in [0.717, 1.165) is 18.3 Å². The molecule has 0 amide bonds. The molecule has 1 saturated carbocycles. The Balaban J connectivity index is 1.97. The predicted octanol–water partition coefficient (Wildman–Crippen LogP) is 0.757. The SMILES string of the molecule is CC1(C)OB(c2cncnc2C2(O)CC2)OC1(C)C. The Labute approximate surface area is 113 Å². The van der Waals surface area contributed by atoms with Gasteiger partial charge in [-0.2, -0.15) is 0 Å². The van der Waals surface area contributed by atoms with Gasteiger partial charge in [0.1, 0.15) is 11.9 Å². The first-order chi connectivity index (χ1) is 8.75. The molecule has 1 saturated heterocycles. The predicted molar refractivity (Wildman–Crippen MR) is 70.9 cm³/mol. The number of hydrogen-bond acceptors (Lipinski definition) is 5. The van der Waals surface area contributed by atoms with E-state index < -0.39 is 23.9 Å². The maximum Gasteiger partial charge on any atom is 0.498 e. The van der Waals surface area contributed by atoms with Crippen molar-refractivity contribution in [1.29, 1.82) is 0 Å². The molecule has 0 unspecified atom stereocenters. The first-order valence-corrected chi connectivity index (χ1v) is 6.64. The van der Waals surface area contributed by atoms with Gasteiger partial charge < -0.3 is 14.4 Å². The van der Waals surface area contributed by atoms with Gasteiger partial charge in [-0.25, -0.2) is 9.97 Å². The van der Waals surface area contributed by atoms with E-state index in [1.165, 1.54) is 6.33 Å². The summed E-state index contributed by atoms with van der Waals surface area (Å²) in [6.07, 6.45) is 4.61. The molecule has 2 aliphatic rings. The molecule has 1 aromatic heterocycles. The molecular formula is C13H19BN2O3. The second kappa shape index (κ2) is 3.78. The first-order valence-electron chi connectivity index (χ1n) is 6.64. The molecule has 19 heavy (non-hydrogen) atoms. The molecule has 0 atom stereocenters. The molecule has 1 N–H and O–H groups in total. The summed E-state index contributed by atoms with van der Waals surface area (Å²) in [6.45, 7) is 8.01. The fraction of sp³-hybridized carbons (Fsp3) is 0.692. The summed E-state index contributed by atoms with van der Waals surface area (Å²) in [5, 5.41) is 10.3. The Morgan fingerprint density at radius 3 is 2.26 bits per heavy atom. The Kier molecular flexibility index (Phi) is 2.59. The molecule has 5 nitrogen and oxygen atoms in total. The van der Waals surface area contributed by atoms with E-state index in [-0.39, 0.29) is 0 Å². The van der Waals surface area contributed by atoms with Crippen LogP contribution in [0.15, 0.2) is 12.5 Å². The minimum atomic E-state index is -0.818. The van der Waals surface area contributed by atoms with E-state index in [1.54, 1.807) is 6.20 Å². The molecule has 0 radical (unpaired) electrons. The van der Waals surface area contributed by atoms with Crippen LogP contribution in [0, 0.1) is 0 Å². The average molecular weight is 262 g/mol. The zero-order valence-electron chi connectivity index (χ0n) is 11.8. The lowest BCUT2D eigenvalue weighted by Crippen LogP contribution is -2.41. The average Bonchev–Trinajstić information content (AvgIpc) is 3.02. The van der Waals surface area contributed by atoms with Crippen LogP contribution in [0.1, 0.15) is 46.2 Å². The van der Waals surface area contributed by atoms with Gasteiger partial charge in [0, 0.05) is 11.7 Å². The van der Waals surface area contributed by atoms with Gasteiger partial charge >= 0.3 is 7.12 Å². The molecule has 2 heterocycles. The minimum absolute atomic E-state index is 0.406. The molecule has 3 rings (SSSR count). The van der Waals surface area contributed by atoms with Gasteiger partial charge in [0.25, 0.3) is 0 Å². The van der Waals surface area contributed by atoms with E-state index in [4.69, 9.17) is 9.31 Å². The topological polar surface area (TPSA) is 64.5 Å². The van der Waals surface area contributed by atoms with E-state index in [2.05, 4.69) is 9.97 Å². The largest absolute Gasteiger partial charge is 0.498 e. The van der Waals surface area contributed by atoms with Crippen molar-refractivity contribution < 1.29 is 14.4 Å². The third kappa shape index (κ3) is 1.98. The van der Waals surface area contributed by atoms with E-state index in [0.29, 0.717) is 5.69 Å². The normalized spacial score (nSPS) is 26.5. The Morgan fingerprint density at radius 2 is 1.74 bits per heavy atom. The van der Waals surface area contributed by atoms with E-state index in [9.17, 15) is 5.11 Å². The standard InChI is InChI=1S/C13H19BN2O3/c1-11(2)12(3,4)19-14(18-11)9-7-15-8-16-10(9)13(17)5-6-13/h7-8,17H,5-6H2,1-4H3. The van der Waals surface area contributed by atoms with Crippen molar-refractivity contribution in [3.63, 3.8) is 0 Å². The Morgan fingerprint density at radius 1 is 1.16 bits per heavy atom. The van der Waals surface area contributed by atoms with Crippen molar-refractivity contribution in [3.05, 3.63) is 18.2 Å². The number of aromatic nitrogens is 2. The summed E-state index contributed by atoms with van der Waals surface area (Å²) in [4.78, 5) is 8.28. The molecule has 2 fully saturated rings. The third-order valence-electron chi connectivity index (χ3n) is 4.41.